The Labute approximate surface area is 186 Å². The molecule has 3 rings (SSSR count). The molecule has 0 atom stereocenters. The SMILES string of the molecule is COc1cc(C(=O)/C=C/c2ccc(OC)c(COc3c(F)c(F)cc(F)c3F)c2)ccc1O. The van der Waals surface area contributed by atoms with Crippen LogP contribution in [0.1, 0.15) is 21.5 Å². The van der Waals surface area contributed by atoms with E-state index in [4.69, 9.17) is 14.2 Å². The van der Waals surface area contributed by atoms with Gasteiger partial charge in [0.25, 0.3) is 0 Å². The normalized spacial score (nSPS) is 11.0. The van der Waals surface area contributed by atoms with Crippen molar-refractivity contribution in [3.8, 4) is 23.0 Å². The standard InChI is InChI=1S/C24H18F4O5/c1-31-20-8-4-13(3-6-18(29)14-5-7-19(30)21(10-14)32-2)9-15(20)12-33-24-22(27)16(25)11-17(26)23(24)28/h3-11,30H,12H2,1-2H3/b6-3+. The molecular weight excluding hydrogens is 444 g/mol. The summed E-state index contributed by atoms with van der Waals surface area (Å²) in [5, 5.41) is 9.64. The summed E-state index contributed by atoms with van der Waals surface area (Å²) in [5.41, 5.74) is 1.10. The maximum atomic E-state index is 13.8. The number of carbonyl (C=O) groups is 1. The lowest BCUT2D eigenvalue weighted by Crippen LogP contribution is -2.05. The van der Waals surface area contributed by atoms with E-state index >= 15 is 0 Å². The van der Waals surface area contributed by atoms with Gasteiger partial charge in [0.1, 0.15) is 12.4 Å². The van der Waals surface area contributed by atoms with Crippen LogP contribution in [-0.4, -0.2) is 25.1 Å². The molecule has 1 N–H and O–H groups in total. The van der Waals surface area contributed by atoms with Gasteiger partial charge in [0, 0.05) is 17.2 Å². The van der Waals surface area contributed by atoms with Gasteiger partial charge in [-0.25, -0.2) is 8.78 Å². The third-order valence-electron chi connectivity index (χ3n) is 4.64. The Hall–Kier alpha value is -4.01. The first-order valence-corrected chi connectivity index (χ1v) is 9.47. The van der Waals surface area contributed by atoms with E-state index in [0.29, 0.717) is 16.9 Å². The third-order valence-corrected chi connectivity index (χ3v) is 4.64. The summed E-state index contributed by atoms with van der Waals surface area (Å²) >= 11 is 0. The van der Waals surface area contributed by atoms with Gasteiger partial charge in [-0.15, -0.1) is 0 Å². The number of phenols is 1. The first-order valence-electron chi connectivity index (χ1n) is 9.47. The molecule has 0 saturated carbocycles. The van der Waals surface area contributed by atoms with Crippen LogP contribution in [0.15, 0.2) is 48.5 Å². The van der Waals surface area contributed by atoms with Crippen LogP contribution in [0.4, 0.5) is 17.6 Å². The van der Waals surface area contributed by atoms with Crippen molar-refractivity contribution in [2.45, 2.75) is 6.61 Å². The molecule has 0 amide bonds. The molecule has 0 aliphatic heterocycles. The fourth-order valence-corrected chi connectivity index (χ4v) is 2.94. The fourth-order valence-electron chi connectivity index (χ4n) is 2.94. The highest BCUT2D eigenvalue weighted by Crippen LogP contribution is 2.29. The van der Waals surface area contributed by atoms with Gasteiger partial charge in [0.2, 0.25) is 11.6 Å². The molecule has 0 unspecified atom stereocenters. The lowest BCUT2D eigenvalue weighted by atomic mass is 10.1. The van der Waals surface area contributed by atoms with Crippen LogP contribution < -0.4 is 14.2 Å². The number of methoxy groups -OCH3 is 2. The van der Waals surface area contributed by atoms with Crippen LogP contribution in [0.2, 0.25) is 0 Å². The molecule has 0 spiro atoms. The van der Waals surface area contributed by atoms with Crippen LogP contribution in [0.25, 0.3) is 6.08 Å². The lowest BCUT2D eigenvalue weighted by molar-refractivity contribution is 0.104. The first-order chi connectivity index (χ1) is 15.7. The number of aromatic hydroxyl groups is 1. The number of hydrogen-bond donors (Lipinski definition) is 1. The zero-order valence-corrected chi connectivity index (χ0v) is 17.5. The molecule has 33 heavy (non-hydrogen) atoms. The van der Waals surface area contributed by atoms with Gasteiger partial charge in [-0.1, -0.05) is 12.1 Å². The summed E-state index contributed by atoms with van der Waals surface area (Å²) in [6, 6.07) is 8.90. The van der Waals surface area contributed by atoms with Gasteiger partial charge in [0.05, 0.1) is 14.2 Å². The highest BCUT2D eigenvalue weighted by molar-refractivity contribution is 6.07. The number of carbonyl (C=O) groups excluding carboxylic acids is 1. The molecule has 0 heterocycles. The van der Waals surface area contributed by atoms with E-state index in [-0.39, 0.29) is 28.9 Å². The van der Waals surface area contributed by atoms with Gasteiger partial charge in [0.15, 0.2) is 34.7 Å². The number of ketones is 1. The summed E-state index contributed by atoms with van der Waals surface area (Å²) in [5.74, 6) is -7.71. The predicted molar refractivity (Wildman–Crippen MR) is 112 cm³/mol. The summed E-state index contributed by atoms with van der Waals surface area (Å²) in [7, 11) is 2.72. The van der Waals surface area contributed by atoms with Crippen LogP contribution in [0, 0.1) is 23.3 Å². The number of phenolic OH excluding ortho intramolecular Hbond substituents is 1. The van der Waals surface area contributed by atoms with E-state index in [1.807, 2.05) is 0 Å². The zero-order chi connectivity index (χ0) is 24.1. The minimum absolute atomic E-state index is 0.0875. The van der Waals surface area contributed by atoms with E-state index in [9.17, 15) is 27.5 Å². The van der Waals surface area contributed by atoms with Crippen molar-refractivity contribution in [3.05, 3.63) is 88.5 Å². The van der Waals surface area contributed by atoms with E-state index in [1.54, 1.807) is 6.07 Å². The second-order valence-corrected chi connectivity index (χ2v) is 6.74. The quantitative estimate of drug-likeness (QED) is 0.209. The Bertz CT molecular complexity index is 1200. The summed E-state index contributed by atoms with van der Waals surface area (Å²) in [6.45, 7) is -0.468. The fraction of sp³-hybridized carbons (Fsp3) is 0.125. The first kappa shape index (κ1) is 23.6. The van der Waals surface area contributed by atoms with Gasteiger partial charge in [-0.2, -0.15) is 8.78 Å². The molecule has 5 nitrogen and oxygen atoms in total. The second-order valence-electron chi connectivity index (χ2n) is 6.74. The highest BCUT2D eigenvalue weighted by Gasteiger charge is 2.21. The summed E-state index contributed by atoms with van der Waals surface area (Å²) in [6.07, 6.45) is 2.76. The molecule has 0 bridgehead atoms. The third kappa shape index (κ3) is 5.25. The molecule has 0 aliphatic rings. The minimum Gasteiger partial charge on any atom is -0.504 e. The van der Waals surface area contributed by atoms with Crippen molar-refractivity contribution in [3.63, 3.8) is 0 Å². The predicted octanol–water partition coefficient (Wildman–Crippen LogP) is 5.44. The van der Waals surface area contributed by atoms with E-state index in [2.05, 4.69) is 0 Å². The van der Waals surface area contributed by atoms with Crippen molar-refractivity contribution in [1.29, 1.82) is 0 Å². The smallest absolute Gasteiger partial charge is 0.203 e. The number of hydrogen-bond acceptors (Lipinski definition) is 5. The minimum atomic E-state index is -1.65. The van der Waals surface area contributed by atoms with Gasteiger partial charge in [-0.3, -0.25) is 4.79 Å². The molecule has 0 aromatic heterocycles. The largest absolute Gasteiger partial charge is 0.504 e. The molecule has 0 saturated heterocycles. The Morgan fingerprint density at radius 3 is 2.21 bits per heavy atom. The molecular formula is C24H18F4O5. The molecule has 9 heteroatoms. The number of ether oxygens (including phenoxy) is 3. The average Bonchev–Trinajstić information content (AvgIpc) is 2.81. The molecule has 172 valence electrons. The van der Waals surface area contributed by atoms with Gasteiger partial charge >= 0.3 is 0 Å². The Morgan fingerprint density at radius 1 is 0.909 bits per heavy atom. The van der Waals surface area contributed by atoms with Crippen molar-refractivity contribution in [2.24, 2.45) is 0 Å². The highest BCUT2D eigenvalue weighted by atomic mass is 19.2. The molecule has 0 radical (unpaired) electrons. The van der Waals surface area contributed by atoms with Crippen molar-refractivity contribution in [2.75, 3.05) is 14.2 Å². The molecule has 3 aromatic carbocycles. The van der Waals surface area contributed by atoms with Crippen LogP contribution in [-0.2, 0) is 6.61 Å². The molecule has 3 aromatic rings. The van der Waals surface area contributed by atoms with Crippen molar-refractivity contribution < 1.29 is 41.7 Å². The van der Waals surface area contributed by atoms with Gasteiger partial charge < -0.3 is 19.3 Å². The zero-order valence-electron chi connectivity index (χ0n) is 17.5. The van der Waals surface area contributed by atoms with Crippen molar-refractivity contribution >= 4 is 11.9 Å². The number of allylic oxidation sites excluding steroid dienone is 1. The number of halogens is 4. The average molecular weight is 462 g/mol. The molecule has 0 fully saturated rings. The summed E-state index contributed by atoms with van der Waals surface area (Å²) < 4.78 is 69.6. The lowest BCUT2D eigenvalue weighted by Gasteiger charge is -2.13. The Balaban J connectivity index is 1.82. The maximum absolute atomic E-state index is 13.8. The topological polar surface area (TPSA) is 65.0 Å². The number of benzene rings is 3. The van der Waals surface area contributed by atoms with Crippen LogP contribution >= 0.6 is 0 Å². The summed E-state index contributed by atoms with van der Waals surface area (Å²) in [4.78, 5) is 12.4. The second kappa shape index (κ2) is 10.1. The van der Waals surface area contributed by atoms with Crippen LogP contribution in [0.5, 0.6) is 23.0 Å². The Morgan fingerprint density at radius 2 is 1.58 bits per heavy atom. The molecule has 0 aliphatic carbocycles. The maximum Gasteiger partial charge on any atom is 0.203 e. The number of rotatable bonds is 8. The van der Waals surface area contributed by atoms with Crippen molar-refractivity contribution in [1.82, 2.24) is 0 Å². The van der Waals surface area contributed by atoms with Gasteiger partial charge in [-0.05, 0) is 42.0 Å². The van der Waals surface area contributed by atoms with E-state index < -0.39 is 35.6 Å². The Kier molecular flexibility index (Phi) is 7.22. The van der Waals surface area contributed by atoms with E-state index in [1.165, 1.54) is 56.7 Å². The van der Waals surface area contributed by atoms with E-state index in [0.717, 1.165) is 0 Å². The van der Waals surface area contributed by atoms with Crippen LogP contribution in [0.3, 0.4) is 0 Å². The monoisotopic (exact) mass is 462 g/mol.